The molecular formula is C27H36N2O5. The predicted octanol–water partition coefficient (Wildman–Crippen LogP) is 4.40. The lowest BCUT2D eigenvalue weighted by Gasteiger charge is -2.26. The molecule has 0 aliphatic rings. The number of benzene rings is 2. The van der Waals surface area contributed by atoms with Crippen LogP contribution in [0.15, 0.2) is 60.7 Å². The summed E-state index contributed by atoms with van der Waals surface area (Å²) in [4.78, 5) is 38.5. The molecule has 7 heteroatoms. The Kier molecular flexibility index (Phi) is 10.1. The minimum Gasteiger partial charge on any atom is -0.459 e. The predicted molar refractivity (Wildman–Crippen MR) is 131 cm³/mol. The van der Waals surface area contributed by atoms with Gasteiger partial charge in [0.1, 0.15) is 24.3 Å². The van der Waals surface area contributed by atoms with Gasteiger partial charge in [0.2, 0.25) is 5.91 Å². The van der Waals surface area contributed by atoms with Crippen LogP contribution in [0.4, 0.5) is 4.79 Å². The van der Waals surface area contributed by atoms with Gasteiger partial charge in [0.25, 0.3) is 0 Å². The van der Waals surface area contributed by atoms with Crippen molar-refractivity contribution >= 4 is 18.0 Å². The lowest BCUT2D eigenvalue weighted by molar-refractivity contribution is -0.149. The van der Waals surface area contributed by atoms with Crippen molar-refractivity contribution in [3.05, 3.63) is 71.8 Å². The molecule has 0 radical (unpaired) electrons. The maximum Gasteiger partial charge on any atom is 0.408 e. The minimum atomic E-state index is -0.909. The van der Waals surface area contributed by atoms with E-state index in [9.17, 15) is 14.4 Å². The maximum atomic E-state index is 13.2. The van der Waals surface area contributed by atoms with Crippen LogP contribution in [0.25, 0.3) is 0 Å². The number of carbonyl (C=O) groups excluding carboxylic acids is 3. The van der Waals surface area contributed by atoms with Gasteiger partial charge in [0.05, 0.1) is 0 Å². The molecule has 34 heavy (non-hydrogen) atoms. The Morgan fingerprint density at radius 1 is 0.824 bits per heavy atom. The van der Waals surface area contributed by atoms with Gasteiger partial charge in [-0.15, -0.1) is 0 Å². The van der Waals surface area contributed by atoms with Gasteiger partial charge in [-0.05, 0) is 44.2 Å². The fourth-order valence-corrected chi connectivity index (χ4v) is 3.30. The summed E-state index contributed by atoms with van der Waals surface area (Å²) in [6.45, 7) is 9.26. The van der Waals surface area contributed by atoms with E-state index in [1.165, 1.54) is 0 Å². The van der Waals surface area contributed by atoms with Gasteiger partial charge in [-0.1, -0.05) is 74.5 Å². The average Bonchev–Trinajstić information content (AvgIpc) is 2.76. The summed E-state index contributed by atoms with van der Waals surface area (Å²) < 4.78 is 10.8. The van der Waals surface area contributed by atoms with Crippen molar-refractivity contribution in [2.75, 3.05) is 0 Å². The van der Waals surface area contributed by atoms with Gasteiger partial charge in [-0.3, -0.25) is 4.79 Å². The Morgan fingerprint density at radius 2 is 1.38 bits per heavy atom. The number of hydrogen-bond acceptors (Lipinski definition) is 5. The lowest BCUT2D eigenvalue weighted by Crippen LogP contribution is -2.53. The molecule has 7 nitrogen and oxygen atoms in total. The van der Waals surface area contributed by atoms with E-state index in [0.717, 1.165) is 11.1 Å². The van der Waals surface area contributed by atoms with Crippen LogP contribution < -0.4 is 10.6 Å². The second-order valence-corrected chi connectivity index (χ2v) is 9.67. The van der Waals surface area contributed by atoms with Crippen LogP contribution in [0, 0.1) is 5.92 Å². The van der Waals surface area contributed by atoms with E-state index >= 15 is 0 Å². The van der Waals surface area contributed by atoms with Gasteiger partial charge in [-0.2, -0.15) is 0 Å². The Labute approximate surface area is 202 Å². The first kappa shape index (κ1) is 26.9. The third kappa shape index (κ3) is 10.1. The van der Waals surface area contributed by atoms with Gasteiger partial charge in [0.15, 0.2) is 0 Å². The van der Waals surface area contributed by atoms with E-state index in [-0.39, 0.29) is 18.9 Å². The van der Waals surface area contributed by atoms with E-state index in [0.29, 0.717) is 6.42 Å². The molecule has 0 aliphatic carbocycles. The van der Waals surface area contributed by atoms with Crippen LogP contribution in [0.1, 0.15) is 52.2 Å². The molecule has 0 spiro atoms. The Hall–Kier alpha value is -3.35. The second kappa shape index (κ2) is 12.8. The molecule has 2 aromatic rings. The highest BCUT2D eigenvalue weighted by Crippen LogP contribution is 2.12. The van der Waals surface area contributed by atoms with Crippen molar-refractivity contribution in [1.29, 1.82) is 0 Å². The van der Waals surface area contributed by atoms with Crippen LogP contribution in [0.5, 0.6) is 0 Å². The lowest BCUT2D eigenvalue weighted by atomic mass is 10.0. The summed E-state index contributed by atoms with van der Waals surface area (Å²) >= 11 is 0. The van der Waals surface area contributed by atoms with Gasteiger partial charge in [0, 0.05) is 6.42 Å². The summed E-state index contributed by atoms with van der Waals surface area (Å²) in [6.07, 6.45) is -0.0250. The van der Waals surface area contributed by atoms with E-state index in [1.807, 2.05) is 74.5 Å². The number of nitrogens with one attached hydrogen (secondary N) is 2. The van der Waals surface area contributed by atoms with Crippen molar-refractivity contribution in [2.24, 2.45) is 5.92 Å². The zero-order chi connectivity index (χ0) is 25.1. The van der Waals surface area contributed by atoms with Crippen molar-refractivity contribution in [3.63, 3.8) is 0 Å². The number of ether oxygens (including phenoxy) is 2. The normalized spacial score (nSPS) is 13.0. The summed E-state index contributed by atoms with van der Waals surface area (Å²) in [6, 6.07) is 17.0. The topological polar surface area (TPSA) is 93.7 Å². The van der Waals surface area contributed by atoms with Crippen LogP contribution >= 0.6 is 0 Å². The molecule has 0 aromatic heterocycles. The fourth-order valence-electron chi connectivity index (χ4n) is 3.30. The highest BCUT2D eigenvalue weighted by Gasteiger charge is 2.29. The first-order chi connectivity index (χ1) is 16.0. The standard InChI is InChI=1S/C27H36N2O5/c1-19(2)16-22(29-26(32)34-27(3,4)5)24(30)28-23(17-20-12-8-6-9-13-20)25(31)33-18-21-14-10-7-11-15-21/h6-15,19,22-23H,16-18H2,1-5H3,(H,28,30)(H,29,32). The molecule has 2 rings (SSSR count). The molecule has 0 heterocycles. The maximum absolute atomic E-state index is 13.2. The highest BCUT2D eigenvalue weighted by molar-refractivity contribution is 5.89. The number of alkyl carbamates (subject to hydrolysis) is 1. The number of carbonyl (C=O) groups is 3. The van der Waals surface area contributed by atoms with Crippen molar-refractivity contribution < 1.29 is 23.9 Å². The van der Waals surface area contributed by atoms with E-state index in [1.54, 1.807) is 20.8 Å². The van der Waals surface area contributed by atoms with E-state index in [4.69, 9.17) is 9.47 Å². The smallest absolute Gasteiger partial charge is 0.408 e. The molecular weight excluding hydrogens is 432 g/mol. The molecule has 0 fully saturated rings. The van der Waals surface area contributed by atoms with Gasteiger partial charge < -0.3 is 20.1 Å². The highest BCUT2D eigenvalue weighted by atomic mass is 16.6. The summed E-state index contributed by atoms with van der Waals surface area (Å²) in [5.74, 6) is -0.873. The van der Waals surface area contributed by atoms with Crippen molar-refractivity contribution in [1.82, 2.24) is 10.6 Å². The molecule has 184 valence electrons. The molecule has 2 amide bonds. The van der Waals surface area contributed by atoms with Gasteiger partial charge in [-0.25, -0.2) is 9.59 Å². The first-order valence-electron chi connectivity index (χ1n) is 11.6. The van der Waals surface area contributed by atoms with Crippen LogP contribution in [-0.2, 0) is 32.1 Å². The van der Waals surface area contributed by atoms with Gasteiger partial charge >= 0.3 is 12.1 Å². The molecule has 0 saturated heterocycles. The molecule has 0 saturated carbocycles. The third-order valence-corrected chi connectivity index (χ3v) is 4.82. The third-order valence-electron chi connectivity index (χ3n) is 4.82. The number of hydrogen-bond donors (Lipinski definition) is 2. The van der Waals surface area contributed by atoms with E-state index < -0.39 is 35.7 Å². The molecule has 0 aliphatic heterocycles. The minimum absolute atomic E-state index is 0.104. The zero-order valence-electron chi connectivity index (χ0n) is 20.7. The second-order valence-electron chi connectivity index (χ2n) is 9.67. The van der Waals surface area contributed by atoms with E-state index in [2.05, 4.69) is 10.6 Å². The summed E-state index contributed by atoms with van der Waals surface area (Å²) in [7, 11) is 0. The Morgan fingerprint density at radius 3 is 1.91 bits per heavy atom. The van der Waals surface area contributed by atoms with Crippen molar-refractivity contribution in [3.8, 4) is 0 Å². The van der Waals surface area contributed by atoms with Crippen LogP contribution in [0.2, 0.25) is 0 Å². The van der Waals surface area contributed by atoms with Crippen molar-refractivity contribution in [2.45, 2.75) is 71.8 Å². The molecule has 2 atom stereocenters. The Bertz CT molecular complexity index is 923. The summed E-state index contributed by atoms with van der Waals surface area (Å²) in [5.41, 5.74) is 1.04. The van der Waals surface area contributed by atoms with Crippen LogP contribution in [0.3, 0.4) is 0 Å². The SMILES string of the molecule is CC(C)CC(NC(=O)OC(C)(C)C)C(=O)NC(Cc1ccccc1)C(=O)OCc1ccccc1. The summed E-state index contributed by atoms with van der Waals surface area (Å²) in [5, 5.41) is 5.44. The zero-order valence-corrected chi connectivity index (χ0v) is 20.7. The molecule has 2 aromatic carbocycles. The monoisotopic (exact) mass is 468 g/mol. The van der Waals surface area contributed by atoms with Crippen LogP contribution in [-0.4, -0.2) is 35.7 Å². The quantitative estimate of drug-likeness (QED) is 0.504. The Balaban J connectivity index is 2.14. The average molecular weight is 469 g/mol. The molecule has 2 unspecified atom stereocenters. The molecule has 2 N–H and O–H groups in total. The first-order valence-corrected chi connectivity index (χ1v) is 11.6. The molecule has 0 bridgehead atoms. The number of esters is 1. The largest absolute Gasteiger partial charge is 0.459 e. The fraction of sp³-hybridized carbons (Fsp3) is 0.444. The number of amides is 2. The number of rotatable bonds is 10.